The second-order valence-electron chi connectivity index (χ2n) is 5.66. The van der Waals surface area contributed by atoms with Crippen molar-refractivity contribution >= 4 is 5.91 Å². The lowest BCUT2D eigenvalue weighted by molar-refractivity contribution is -0.121. The second-order valence-corrected chi connectivity index (χ2v) is 5.66. The number of benzene rings is 1. The first kappa shape index (κ1) is 16.9. The highest BCUT2D eigenvalue weighted by molar-refractivity contribution is 5.75. The van der Waals surface area contributed by atoms with Crippen molar-refractivity contribution in [3.63, 3.8) is 0 Å². The van der Waals surface area contributed by atoms with Crippen LogP contribution in [0.4, 0.5) is 4.39 Å². The zero-order chi connectivity index (χ0) is 15.8. The highest BCUT2D eigenvalue weighted by atomic mass is 19.1. The average Bonchev–Trinajstić information content (AvgIpc) is 2.55. The minimum absolute atomic E-state index is 0.0187. The topological polar surface area (TPSA) is 50.4 Å². The van der Waals surface area contributed by atoms with Gasteiger partial charge in [-0.15, -0.1) is 0 Å². The molecule has 2 N–H and O–H groups in total. The van der Waals surface area contributed by atoms with Gasteiger partial charge in [0.1, 0.15) is 5.82 Å². The molecule has 1 saturated heterocycles. The van der Waals surface area contributed by atoms with Crippen LogP contribution in [0.25, 0.3) is 0 Å². The number of halogens is 1. The molecule has 0 spiro atoms. The fourth-order valence-corrected chi connectivity index (χ4v) is 2.83. The van der Waals surface area contributed by atoms with Crippen molar-refractivity contribution < 1.29 is 13.9 Å². The van der Waals surface area contributed by atoms with Gasteiger partial charge in [-0.05, 0) is 37.1 Å². The molecule has 0 radical (unpaired) electrons. The van der Waals surface area contributed by atoms with Crippen molar-refractivity contribution in [1.29, 1.82) is 0 Å². The van der Waals surface area contributed by atoms with Crippen LogP contribution in [0.15, 0.2) is 24.3 Å². The zero-order valence-corrected chi connectivity index (χ0v) is 13.1. The maximum Gasteiger partial charge on any atom is 0.219 e. The lowest BCUT2D eigenvalue weighted by Gasteiger charge is -2.31. The van der Waals surface area contributed by atoms with Gasteiger partial charge in [-0.3, -0.25) is 4.79 Å². The number of hydrogen-bond donors (Lipinski definition) is 2. The van der Waals surface area contributed by atoms with Gasteiger partial charge in [0.05, 0.1) is 12.7 Å². The quantitative estimate of drug-likeness (QED) is 0.761. The molecule has 1 heterocycles. The van der Waals surface area contributed by atoms with Crippen LogP contribution in [0, 0.1) is 11.7 Å². The molecule has 0 aliphatic carbocycles. The highest BCUT2D eigenvalue weighted by Gasteiger charge is 2.26. The van der Waals surface area contributed by atoms with E-state index in [0.717, 1.165) is 31.5 Å². The van der Waals surface area contributed by atoms with Crippen LogP contribution < -0.4 is 10.6 Å². The summed E-state index contributed by atoms with van der Waals surface area (Å²) in [7, 11) is 0. The Morgan fingerprint density at radius 3 is 3.09 bits per heavy atom. The lowest BCUT2D eigenvalue weighted by Crippen LogP contribution is -2.35. The number of amides is 1. The molecule has 0 aromatic heterocycles. The lowest BCUT2D eigenvalue weighted by atomic mass is 9.89. The molecule has 0 bridgehead atoms. The summed E-state index contributed by atoms with van der Waals surface area (Å²) in [5, 5.41) is 6.17. The zero-order valence-electron chi connectivity index (χ0n) is 13.1. The van der Waals surface area contributed by atoms with Crippen molar-refractivity contribution in [2.24, 2.45) is 5.92 Å². The van der Waals surface area contributed by atoms with Crippen LogP contribution in [0.5, 0.6) is 0 Å². The summed E-state index contributed by atoms with van der Waals surface area (Å²) in [6, 6.07) is 6.62. The van der Waals surface area contributed by atoms with E-state index in [1.807, 2.05) is 13.0 Å². The third kappa shape index (κ3) is 5.07. The summed E-state index contributed by atoms with van der Waals surface area (Å²) in [6.07, 6.45) is 2.50. The standard InChI is InChI=1S/C17H25FN2O2/c1-2-16(21)20-9-10-22-17(14-6-4-8-19-12-14)13-5-3-7-15(18)11-13/h3,5,7,11,14,17,19H,2,4,6,8-10,12H2,1H3,(H,20,21)/t14-,17+/m1/s1. The predicted molar refractivity (Wildman–Crippen MR) is 84.0 cm³/mol. The van der Waals surface area contributed by atoms with Crippen molar-refractivity contribution in [2.75, 3.05) is 26.2 Å². The third-order valence-corrected chi connectivity index (χ3v) is 3.98. The van der Waals surface area contributed by atoms with E-state index in [4.69, 9.17) is 4.74 Å². The Bertz CT molecular complexity index is 475. The molecular formula is C17H25FN2O2. The van der Waals surface area contributed by atoms with Gasteiger partial charge in [-0.1, -0.05) is 19.1 Å². The Labute approximate surface area is 131 Å². The largest absolute Gasteiger partial charge is 0.371 e. The molecule has 4 nitrogen and oxygen atoms in total. The van der Waals surface area contributed by atoms with E-state index in [0.29, 0.717) is 25.5 Å². The number of rotatable bonds is 7. The van der Waals surface area contributed by atoms with Gasteiger partial charge >= 0.3 is 0 Å². The van der Waals surface area contributed by atoms with Gasteiger partial charge in [0.25, 0.3) is 0 Å². The SMILES string of the molecule is CCC(=O)NCCO[C@@H](c1cccc(F)c1)[C@@H]1CCCNC1. The van der Waals surface area contributed by atoms with E-state index in [9.17, 15) is 9.18 Å². The maximum atomic E-state index is 13.5. The number of ether oxygens (including phenoxy) is 1. The first-order valence-electron chi connectivity index (χ1n) is 8.05. The van der Waals surface area contributed by atoms with Crippen LogP contribution in [-0.4, -0.2) is 32.1 Å². The van der Waals surface area contributed by atoms with Gasteiger partial charge in [0.15, 0.2) is 0 Å². The molecule has 1 amide bonds. The molecule has 122 valence electrons. The van der Waals surface area contributed by atoms with Crippen molar-refractivity contribution in [3.05, 3.63) is 35.6 Å². The molecule has 1 aliphatic heterocycles. The minimum atomic E-state index is -0.242. The monoisotopic (exact) mass is 308 g/mol. The Balaban J connectivity index is 1.97. The molecule has 22 heavy (non-hydrogen) atoms. The van der Waals surface area contributed by atoms with E-state index in [-0.39, 0.29) is 17.8 Å². The van der Waals surface area contributed by atoms with Gasteiger partial charge in [0, 0.05) is 25.4 Å². The summed E-state index contributed by atoms with van der Waals surface area (Å²) in [6.45, 7) is 4.64. The first-order valence-corrected chi connectivity index (χ1v) is 8.05. The summed E-state index contributed by atoms with van der Waals surface area (Å²) in [5.74, 6) is 0.108. The third-order valence-electron chi connectivity index (χ3n) is 3.98. The molecule has 5 heteroatoms. The molecule has 1 aliphatic rings. The van der Waals surface area contributed by atoms with Gasteiger partial charge in [-0.25, -0.2) is 4.39 Å². The van der Waals surface area contributed by atoms with Crippen LogP contribution >= 0.6 is 0 Å². The first-order chi connectivity index (χ1) is 10.7. The van der Waals surface area contributed by atoms with E-state index < -0.39 is 0 Å². The Hall–Kier alpha value is -1.46. The Kier molecular flexibility index (Phi) is 6.80. The maximum absolute atomic E-state index is 13.5. The summed E-state index contributed by atoms with van der Waals surface area (Å²) < 4.78 is 19.5. The highest BCUT2D eigenvalue weighted by Crippen LogP contribution is 2.30. The van der Waals surface area contributed by atoms with Crippen molar-refractivity contribution in [3.8, 4) is 0 Å². The Morgan fingerprint density at radius 2 is 2.41 bits per heavy atom. The number of piperidine rings is 1. The fraction of sp³-hybridized carbons (Fsp3) is 0.588. The van der Waals surface area contributed by atoms with E-state index in [1.165, 1.54) is 6.07 Å². The average molecular weight is 308 g/mol. The number of hydrogen-bond acceptors (Lipinski definition) is 3. The van der Waals surface area contributed by atoms with E-state index in [2.05, 4.69) is 10.6 Å². The molecule has 2 atom stereocenters. The van der Waals surface area contributed by atoms with Gasteiger partial charge < -0.3 is 15.4 Å². The molecule has 2 rings (SSSR count). The molecule has 0 unspecified atom stereocenters. The number of carbonyl (C=O) groups is 1. The van der Waals surface area contributed by atoms with Crippen LogP contribution in [0.2, 0.25) is 0 Å². The predicted octanol–water partition coefficient (Wildman–Crippen LogP) is 2.41. The molecule has 1 aromatic carbocycles. The minimum Gasteiger partial charge on any atom is -0.371 e. The van der Waals surface area contributed by atoms with Gasteiger partial charge in [0.2, 0.25) is 5.91 Å². The summed E-state index contributed by atoms with van der Waals surface area (Å²) in [5.41, 5.74) is 0.871. The summed E-state index contributed by atoms with van der Waals surface area (Å²) in [4.78, 5) is 11.2. The van der Waals surface area contributed by atoms with E-state index >= 15 is 0 Å². The van der Waals surface area contributed by atoms with Gasteiger partial charge in [-0.2, -0.15) is 0 Å². The van der Waals surface area contributed by atoms with E-state index in [1.54, 1.807) is 12.1 Å². The van der Waals surface area contributed by atoms with Crippen molar-refractivity contribution in [2.45, 2.75) is 32.3 Å². The van der Waals surface area contributed by atoms with Crippen molar-refractivity contribution in [1.82, 2.24) is 10.6 Å². The van der Waals surface area contributed by atoms with Crippen LogP contribution in [-0.2, 0) is 9.53 Å². The molecule has 1 fully saturated rings. The number of carbonyl (C=O) groups excluding carboxylic acids is 1. The van der Waals surface area contributed by atoms with Crippen LogP contribution in [0.1, 0.15) is 37.9 Å². The molecular weight excluding hydrogens is 283 g/mol. The number of nitrogens with one attached hydrogen (secondary N) is 2. The molecule has 0 saturated carbocycles. The Morgan fingerprint density at radius 1 is 1.55 bits per heavy atom. The summed E-state index contributed by atoms with van der Waals surface area (Å²) >= 11 is 0. The molecule has 1 aromatic rings. The smallest absolute Gasteiger partial charge is 0.219 e. The van der Waals surface area contributed by atoms with Crippen LogP contribution in [0.3, 0.4) is 0 Å². The second kappa shape index (κ2) is 8.86. The normalized spacial score (nSPS) is 19.6. The fourth-order valence-electron chi connectivity index (χ4n) is 2.83.